The van der Waals surface area contributed by atoms with Gasteiger partial charge in [-0.1, -0.05) is 13.8 Å². The van der Waals surface area contributed by atoms with Crippen LogP contribution in [0, 0.1) is 0 Å². The second-order valence-corrected chi connectivity index (χ2v) is 9.03. The zero-order valence-electron chi connectivity index (χ0n) is 19.6. The average molecular weight is 506 g/mol. The molecule has 0 aliphatic carbocycles. The Morgan fingerprint density at radius 1 is 1.33 bits per heavy atom. The molecule has 0 aromatic carbocycles. The van der Waals surface area contributed by atoms with Crippen molar-refractivity contribution in [3.8, 4) is 5.88 Å². The molecule has 1 saturated heterocycles. The number of halogens is 3. The summed E-state index contributed by atoms with van der Waals surface area (Å²) in [5, 5.41) is 21.4. The molecular formula is C22H25F3N8O3. The molecular weight excluding hydrogens is 481 g/mol. The first-order valence-electron chi connectivity index (χ1n) is 11.5. The average Bonchev–Trinajstić information content (AvgIpc) is 3.58. The van der Waals surface area contributed by atoms with Gasteiger partial charge in [0.05, 0.1) is 49.0 Å². The third-order valence-corrected chi connectivity index (χ3v) is 6.22. The van der Waals surface area contributed by atoms with Gasteiger partial charge in [-0.25, -0.2) is 4.79 Å². The fraction of sp³-hybridized carbons (Fsp3) is 0.500. The number of hydrogen-bond donors (Lipinski definition) is 2. The molecule has 11 nitrogen and oxygen atoms in total. The SMILES string of the molecule is CC(C)c1ccnnc1O[C@@H]1CO[C@H](c2cc(NC(=O)N3CCn4ncc(C(F)(F)F)c4C3)n[nH]2)C1. The van der Waals surface area contributed by atoms with Crippen LogP contribution < -0.4 is 10.1 Å². The van der Waals surface area contributed by atoms with Crippen molar-refractivity contribution in [3.05, 3.63) is 47.0 Å². The van der Waals surface area contributed by atoms with E-state index in [1.807, 2.05) is 19.9 Å². The molecule has 192 valence electrons. The number of amides is 2. The molecule has 0 spiro atoms. The largest absolute Gasteiger partial charge is 0.471 e. The van der Waals surface area contributed by atoms with Gasteiger partial charge in [0.1, 0.15) is 12.2 Å². The molecule has 2 N–H and O–H groups in total. The molecule has 2 amide bonds. The zero-order chi connectivity index (χ0) is 25.4. The number of H-pyrrole nitrogens is 1. The number of carbonyl (C=O) groups excluding carboxylic acids is 1. The molecule has 0 unspecified atom stereocenters. The molecule has 2 aliphatic rings. The van der Waals surface area contributed by atoms with Crippen LogP contribution in [0.4, 0.5) is 23.8 Å². The van der Waals surface area contributed by atoms with Gasteiger partial charge in [0, 0.05) is 24.6 Å². The summed E-state index contributed by atoms with van der Waals surface area (Å²) in [5.74, 6) is 0.956. The van der Waals surface area contributed by atoms with E-state index in [1.54, 1.807) is 12.3 Å². The maximum absolute atomic E-state index is 13.2. The predicted molar refractivity (Wildman–Crippen MR) is 119 cm³/mol. The molecule has 3 aromatic rings. The van der Waals surface area contributed by atoms with Gasteiger partial charge in [0.2, 0.25) is 5.88 Å². The summed E-state index contributed by atoms with van der Waals surface area (Å²) in [6, 6.07) is 2.97. The van der Waals surface area contributed by atoms with E-state index in [0.29, 0.717) is 24.6 Å². The second kappa shape index (κ2) is 9.41. The van der Waals surface area contributed by atoms with Crippen molar-refractivity contribution in [1.29, 1.82) is 0 Å². The highest BCUT2D eigenvalue weighted by atomic mass is 19.4. The van der Waals surface area contributed by atoms with Gasteiger partial charge in [0.15, 0.2) is 5.82 Å². The van der Waals surface area contributed by atoms with E-state index in [2.05, 4.69) is 30.8 Å². The van der Waals surface area contributed by atoms with Crippen LogP contribution in [-0.2, 0) is 24.0 Å². The van der Waals surface area contributed by atoms with Crippen molar-refractivity contribution in [2.45, 2.75) is 57.7 Å². The smallest absolute Gasteiger partial charge is 0.419 e. The van der Waals surface area contributed by atoms with Crippen molar-refractivity contribution < 1.29 is 27.4 Å². The highest BCUT2D eigenvalue weighted by Crippen LogP contribution is 2.34. The fourth-order valence-electron chi connectivity index (χ4n) is 4.32. The topological polar surface area (TPSA) is 123 Å². The maximum atomic E-state index is 13.2. The van der Waals surface area contributed by atoms with Crippen molar-refractivity contribution >= 4 is 11.8 Å². The Hall–Kier alpha value is -3.68. The minimum Gasteiger partial charge on any atom is -0.471 e. The van der Waals surface area contributed by atoms with Gasteiger partial charge < -0.3 is 14.4 Å². The summed E-state index contributed by atoms with van der Waals surface area (Å²) < 4.78 is 52.8. The van der Waals surface area contributed by atoms with E-state index in [0.717, 1.165) is 11.8 Å². The van der Waals surface area contributed by atoms with Gasteiger partial charge in [-0.3, -0.25) is 15.1 Å². The number of urea groups is 1. The Bertz CT molecular complexity index is 1240. The van der Waals surface area contributed by atoms with Crippen LogP contribution in [0.1, 0.15) is 54.8 Å². The molecule has 3 aromatic heterocycles. The first-order valence-corrected chi connectivity index (χ1v) is 11.5. The predicted octanol–water partition coefficient (Wildman–Crippen LogP) is 3.50. The third kappa shape index (κ3) is 4.85. The van der Waals surface area contributed by atoms with E-state index >= 15 is 0 Å². The van der Waals surface area contributed by atoms with Gasteiger partial charge in [-0.05, 0) is 12.0 Å². The molecule has 5 heterocycles. The van der Waals surface area contributed by atoms with E-state index < -0.39 is 17.8 Å². The van der Waals surface area contributed by atoms with Crippen LogP contribution in [0.3, 0.4) is 0 Å². The number of nitrogens with one attached hydrogen (secondary N) is 2. The van der Waals surface area contributed by atoms with Crippen LogP contribution in [0.5, 0.6) is 5.88 Å². The number of aromatic nitrogens is 6. The molecule has 0 bridgehead atoms. The Morgan fingerprint density at radius 3 is 2.94 bits per heavy atom. The highest BCUT2D eigenvalue weighted by molar-refractivity contribution is 5.88. The molecule has 5 rings (SSSR count). The number of anilines is 1. The lowest BCUT2D eigenvalue weighted by Gasteiger charge is -2.28. The van der Waals surface area contributed by atoms with Crippen LogP contribution in [0.2, 0.25) is 0 Å². The lowest BCUT2D eigenvalue weighted by atomic mass is 10.1. The number of carbonyl (C=O) groups is 1. The van der Waals surface area contributed by atoms with Gasteiger partial charge in [0.25, 0.3) is 0 Å². The first-order chi connectivity index (χ1) is 17.2. The van der Waals surface area contributed by atoms with Gasteiger partial charge >= 0.3 is 12.2 Å². The van der Waals surface area contributed by atoms with Gasteiger partial charge in [-0.15, -0.1) is 5.10 Å². The number of ether oxygens (including phenoxy) is 2. The minimum atomic E-state index is -4.53. The van der Waals surface area contributed by atoms with Crippen LogP contribution in [-0.4, -0.2) is 60.4 Å². The highest BCUT2D eigenvalue weighted by Gasteiger charge is 2.38. The third-order valence-electron chi connectivity index (χ3n) is 6.22. The number of hydrogen-bond acceptors (Lipinski definition) is 7. The van der Waals surface area contributed by atoms with Gasteiger partial charge in [-0.2, -0.15) is 28.5 Å². The summed E-state index contributed by atoms with van der Waals surface area (Å²) >= 11 is 0. The number of rotatable bonds is 5. The molecule has 2 atom stereocenters. The minimum absolute atomic E-state index is 0.0410. The number of aromatic amines is 1. The standard InChI is InChI=1S/C22H25F3N8O3/c1-12(2)14-3-4-26-31-20(14)36-13-7-18(35-11-13)16-8-19(30-29-16)28-21(34)32-5-6-33-17(10-32)15(9-27-33)22(23,24)25/h3-4,8-9,12-13,18H,5-7,10-11H2,1-2H3,(H2,28,29,30,34)/t13-,18-/m0/s1. The Kier molecular flexibility index (Phi) is 6.28. The van der Waals surface area contributed by atoms with Crippen molar-refractivity contribution in [2.75, 3.05) is 18.5 Å². The quantitative estimate of drug-likeness (QED) is 0.543. The molecule has 1 fully saturated rings. The van der Waals surface area contributed by atoms with Crippen LogP contribution in [0.25, 0.3) is 0 Å². The molecule has 0 saturated carbocycles. The molecule has 36 heavy (non-hydrogen) atoms. The molecule has 2 aliphatic heterocycles. The first kappa shape index (κ1) is 24.0. The van der Waals surface area contributed by atoms with Crippen LogP contribution in [0.15, 0.2) is 24.5 Å². The zero-order valence-corrected chi connectivity index (χ0v) is 19.6. The van der Waals surface area contributed by atoms with Crippen molar-refractivity contribution in [2.24, 2.45) is 0 Å². The molecule has 14 heteroatoms. The maximum Gasteiger partial charge on any atom is 0.419 e. The van der Waals surface area contributed by atoms with E-state index in [9.17, 15) is 18.0 Å². The normalized spacial score (nSPS) is 20.0. The Balaban J connectivity index is 1.19. The fourth-order valence-corrected chi connectivity index (χ4v) is 4.32. The van der Waals surface area contributed by atoms with E-state index in [4.69, 9.17) is 9.47 Å². The summed E-state index contributed by atoms with van der Waals surface area (Å²) in [7, 11) is 0. The number of alkyl halides is 3. The summed E-state index contributed by atoms with van der Waals surface area (Å²) in [4.78, 5) is 14.0. The lowest BCUT2D eigenvalue weighted by Crippen LogP contribution is -2.41. The number of nitrogens with zero attached hydrogens (tertiary/aromatic N) is 6. The summed E-state index contributed by atoms with van der Waals surface area (Å²) in [5.41, 5.74) is 0.735. The van der Waals surface area contributed by atoms with Crippen molar-refractivity contribution in [1.82, 2.24) is 35.1 Å². The van der Waals surface area contributed by atoms with E-state index in [-0.39, 0.29) is 49.3 Å². The monoisotopic (exact) mass is 506 g/mol. The number of fused-ring (bicyclic) bond motifs is 1. The molecule has 0 radical (unpaired) electrons. The summed E-state index contributed by atoms with van der Waals surface area (Å²) in [6.45, 7) is 4.64. The lowest BCUT2D eigenvalue weighted by molar-refractivity contribution is -0.138. The second-order valence-electron chi connectivity index (χ2n) is 9.03. The van der Waals surface area contributed by atoms with Crippen LogP contribution >= 0.6 is 0 Å². The Labute approximate surface area is 204 Å². The van der Waals surface area contributed by atoms with Crippen molar-refractivity contribution in [3.63, 3.8) is 0 Å². The Morgan fingerprint density at radius 2 is 2.17 bits per heavy atom. The van der Waals surface area contributed by atoms with E-state index in [1.165, 1.54) is 9.58 Å². The summed E-state index contributed by atoms with van der Waals surface area (Å²) in [6.07, 6.45) is -2.12.